The number of rotatable bonds is 5. The maximum atomic E-state index is 12.2. The van der Waals surface area contributed by atoms with Gasteiger partial charge in [0.25, 0.3) is 10.0 Å². The van der Waals surface area contributed by atoms with Gasteiger partial charge in [-0.15, -0.1) is 11.3 Å². The fourth-order valence-electron chi connectivity index (χ4n) is 1.69. The van der Waals surface area contributed by atoms with Gasteiger partial charge in [-0.25, -0.2) is 13.2 Å². The largest absolute Gasteiger partial charge is 0.497 e. The van der Waals surface area contributed by atoms with Gasteiger partial charge in [-0.05, 0) is 42.8 Å². The zero-order chi connectivity index (χ0) is 15.6. The molecule has 2 aromatic rings. The van der Waals surface area contributed by atoms with E-state index >= 15 is 0 Å². The summed E-state index contributed by atoms with van der Waals surface area (Å²) in [4.78, 5) is 11.1. The molecule has 0 radical (unpaired) electrons. The molecule has 0 bridgehead atoms. The molecule has 0 spiro atoms. The molecule has 21 heavy (non-hydrogen) atoms. The highest BCUT2D eigenvalue weighted by Gasteiger charge is 2.18. The lowest BCUT2D eigenvalue weighted by atomic mass is 10.3. The second kappa shape index (κ2) is 5.74. The van der Waals surface area contributed by atoms with E-state index in [2.05, 4.69) is 4.72 Å². The number of aryl methyl sites for hydroxylation is 1. The quantitative estimate of drug-likeness (QED) is 0.880. The molecule has 1 aromatic carbocycles. The van der Waals surface area contributed by atoms with Crippen LogP contribution >= 0.6 is 11.3 Å². The average Bonchev–Trinajstić information content (AvgIpc) is 2.79. The molecule has 0 aliphatic heterocycles. The van der Waals surface area contributed by atoms with Crippen LogP contribution in [0.4, 0.5) is 5.00 Å². The molecule has 6 nitrogen and oxygen atoms in total. The minimum atomic E-state index is -3.76. The van der Waals surface area contributed by atoms with E-state index in [4.69, 9.17) is 9.84 Å². The Balaban J connectivity index is 2.28. The van der Waals surface area contributed by atoms with Gasteiger partial charge in [0.05, 0.1) is 12.0 Å². The van der Waals surface area contributed by atoms with Crippen molar-refractivity contribution in [2.45, 2.75) is 11.8 Å². The highest BCUT2D eigenvalue weighted by molar-refractivity contribution is 7.93. The van der Waals surface area contributed by atoms with Gasteiger partial charge in [0.2, 0.25) is 0 Å². The highest BCUT2D eigenvalue weighted by Crippen LogP contribution is 2.29. The molecule has 1 heterocycles. The molecule has 1 aromatic heterocycles. The first kappa shape index (κ1) is 15.3. The summed E-state index contributed by atoms with van der Waals surface area (Å²) < 4.78 is 31.7. The Hall–Kier alpha value is -2.06. The Morgan fingerprint density at radius 2 is 1.90 bits per heavy atom. The van der Waals surface area contributed by atoms with Crippen LogP contribution in [0.15, 0.2) is 35.2 Å². The molecule has 0 saturated carbocycles. The molecular formula is C13H13NO5S2. The van der Waals surface area contributed by atoms with Crippen LogP contribution in [0.1, 0.15) is 15.2 Å². The smallest absolute Gasteiger partial charge is 0.346 e. The Kier molecular flexibility index (Phi) is 4.19. The Morgan fingerprint density at radius 1 is 1.29 bits per heavy atom. The van der Waals surface area contributed by atoms with Gasteiger partial charge in [-0.2, -0.15) is 0 Å². The van der Waals surface area contributed by atoms with E-state index in [-0.39, 0.29) is 14.8 Å². The summed E-state index contributed by atoms with van der Waals surface area (Å²) in [6.45, 7) is 1.62. The zero-order valence-corrected chi connectivity index (χ0v) is 12.9. The first-order valence-corrected chi connectivity index (χ1v) is 8.14. The number of methoxy groups -OCH3 is 1. The summed E-state index contributed by atoms with van der Waals surface area (Å²) in [7, 11) is -2.27. The number of hydrogen-bond acceptors (Lipinski definition) is 5. The van der Waals surface area contributed by atoms with Gasteiger partial charge in [-0.1, -0.05) is 0 Å². The summed E-state index contributed by atoms with van der Waals surface area (Å²) in [5.41, 5.74) is 0.514. The Labute approximate surface area is 126 Å². The molecule has 0 unspecified atom stereocenters. The van der Waals surface area contributed by atoms with E-state index in [1.54, 1.807) is 6.92 Å². The molecule has 2 rings (SSSR count). The van der Waals surface area contributed by atoms with Crippen molar-refractivity contribution >= 4 is 32.3 Å². The number of carboxylic acids is 1. The van der Waals surface area contributed by atoms with Crippen molar-refractivity contribution < 1.29 is 23.1 Å². The summed E-state index contributed by atoms with van der Waals surface area (Å²) in [6.07, 6.45) is 0. The number of hydrogen-bond donors (Lipinski definition) is 2. The number of thiophene rings is 1. The molecule has 0 fully saturated rings. The lowest BCUT2D eigenvalue weighted by Gasteiger charge is -2.06. The van der Waals surface area contributed by atoms with Gasteiger partial charge in [0.1, 0.15) is 15.6 Å². The highest BCUT2D eigenvalue weighted by atomic mass is 32.2. The third kappa shape index (κ3) is 3.34. The second-order valence-corrected chi connectivity index (χ2v) is 6.94. The van der Waals surface area contributed by atoms with Gasteiger partial charge in [0.15, 0.2) is 0 Å². The maximum Gasteiger partial charge on any atom is 0.346 e. The van der Waals surface area contributed by atoms with Crippen molar-refractivity contribution in [3.63, 3.8) is 0 Å². The van der Waals surface area contributed by atoms with Crippen LogP contribution in [-0.2, 0) is 10.0 Å². The molecule has 8 heteroatoms. The molecule has 0 amide bonds. The number of aromatic carboxylic acids is 1. The lowest BCUT2D eigenvalue weighted by molar-refractivity contribution is 0.0701. The van der Waals surface area contributed by atoms with Gasteiger partial charge >= 0.3 is 5.97 Å². The molecule has 112 valence electrons. The number of carbonyl (C=O) groups is 1. The lowest BCUT2D eigenvalue weighted by Crippen LogP contribution is -2.11. The first-order chi connectivity index (χ1) is 9.83. The third-order valence-electron chi connectivity index (χ3n) is 2.72. The van der Waals surface area contributed by atoms with Crippen LogP contribution in [-0.4, -0.2) is 26.6 Å². The standard InChI is InChI=1S/C13H13NO5S2/c1-8-7-11(20-12(8)13(15)16)14-21(17,18)10-5-3-9(19-2)4-6-10/h3-7,14H,1-2H3,(H,15,16). The van der Waals surface area contributed by atoms with Crippen LogP contribution < -0.4 is 9.46 Å². The predicted octanol–water partition coefficient (Wildman–Crippen LogP) is 2.56. The molecular weight excluding hydrogens is 314 g/mol. The summed E-state index contributed by atoms with van der Waals surface area (Å²) in [5, 5.41) is 9.24. The van der Waals surface area contributed by atoms with Gasteiger partial charge < -0.3 is 9.84 Å². The van der Waals surface area contributed by atoms with Crippen LogP contribution in [0.25, 0.3) is 0 Å². The van der Waals surface area contributed by atoms with Crippen LogP contribution in [0, 0.1) is 6.92 Å². The van der Waals surface area contributed by atoms with Crippen molar-refractivity contribution in [1.82, 2.24) is 0 Å². The first-order valence-electron chi connectivity index (χ1n) is 5.84. The SMILES string of the molecule is COc1ccc(S(=O)(=O)Nc2cc(C)c(C(=O)O)s2)cc1. The number of benzene rings is 1. The van der Waals surface area contributed by atoms with Gasteiger partial charge in [0, 0.05) is 0 Å². The van der Waals surface area contributed by atoms with E-state index in [9.17, 15) is 13.2 Å². The Morgan fingerprint density at radius 3 is 2.38 bits per heavy atom. The van der Waals surface area contributed by atoms with Crippen molar-refractivity contribution in [3.05, 3.63) is 40.8 Å². The van der Waals surface area contributed by atoms with Crippen molar-refractivity contribution in [2.24, 2.45) is 0 Å². The van der Waals surface area contributed by atoms with Crippen LogP contribution in [0.5, 0.6) is 5.75 Å². The molecule has 0 aliphatic carbocycles. The molecule has 0 atom stereocenters. The van der Waals surface area contributed by atoms with E-state index < -0.39 is 16.0 Å². The van der Waals surface area contributed by atoms with Gasteiger partial charge in [-0.3, -0.25) is 4.72 Å². The average molecular weight is 327 g/mol. The number of nitrogens with one attached hydrogen (secondary N) is 1. The minimum absolute atomic E-state index is 0.0752. The van der Waals surface area contributed by atoms with E-state index in [0.29, 0.717) is 11.3 Å². The topological polar surface area (TPSA) is 92.7 Å². The monoisotopic (exact) mass is 327 g/mol. The fourth-order valence-corrected chi connectivity index (χ4v) is 3.89. The minimum Gasteiger partial charge on any atom is -0.497 e. The fraction of sp³-hybridized carbons (Fsp3) is 0.154. The number of sulfonamides is 1. The molecule has 0 saturated heterocycles. The third-order valence-corrected chi connectivity index (χ3v) is 5.37. The zero-order valence-electron chi connectivity index (χ0n) is 11.3. The molecule has 0 aliphatic rings. The normalized spacial score (nSPS) is 11.1. The summed E-state index contributed by atoms with van der Waals surface area (Å²) in [6, 6.07) is 7.41. The van der Waals surface area contributed by atoms with Crippen LogP contribution in [0.2, 0.25) is 0 Å². The number of anilines is 1. The van der Waals surface area contributed by atoms with Crippen molar-refractivity contribution in [1.29, 1.82) is 0 Å². The van der Waals surface area contributed by atoms with E-state index in [1.165, 1.54) is 37.4 Å². The van der Waals surface area contributed by atoms with Crippen LogP contribution in [0.3, 0.4) is 0 Å². The summed E-state index contributed by atoms with van der Waals surface area (Å²) in [5.74, 6) is -0.526. The van der Waals surface area contributed by atoms with E-state index in [1.807, 2.05) is 0 Å². The maximum absolute atomic E-state index is 12.2. The van der Waals surface area contributed by atoms with Crippen molar-refractivity contribution in [2.75, 3.05) is 11.8 Å². The van der Waals surface area contributed by atoms with E-state index in [0.717, 1.165) is 11.3 Å². The summed E-state index contributed by atoms with van der Waals surface area (Å²) >= 11 is 0.882. The Bertz CT molecular complexity index is 762. The van der Waals surface area contributed by atoms with Crippen molar-refractivity contribution in [3.8, 4) is 5.75 Å². The number of carboxylic acid groups (broad SMARTS) is 1. The predicted molar refractivity (Wildman–Crippen MR) is 79.8 cm³/mol. The number of ether oxygens (including phenoxy) is 1. The second-order valence-electron chi connectivity index (χ2n) is 4.21. The molecule has 2 N–H and O–H groups in total.